The van der Waals surface area contributed by atoms with Gasteiger partial charge in [-0.3, -0.25) is 0 Å². The predicted octanol–water partition coefficient (Wildman–Crippen LogP) is 4.30. The van der Waals surface area contributed by atoms with Gasteiger partial charge in [0.15, 0.2) is 11.5 Å². The molecule has 0 bridgehead atoms. The first kappa shape index (κ1) is 14.1. The molecule has 1 heterocycles. The van der Waals surface area contributed by atoms with E-state index in [1.807, 2.05) is 0 Å². The van der Waals surface area contributed by atoms with Crippen LogP contribution in [0.25, 0.3) is 11.1 Å². The van der Waals surface area contributed by atoms with Gasteiger partial charge in [-0.05, 0) is 49.8 Å². The number of oxazole rings is 1. The summed E-state index contributed by atoms with van der Waals surface area (Å²) in [7, 11) is 1.38. The van der Waals surface area contributed by atoms with Gasteiger partial charge in [-0.25, -0.2) is 9.78 Å². The number of esters is 1. The SMILES string of the molecule is CC[C@H]1CC[C@H](c2nc3cc(C(=O)OC)ccc3o2)CC1. The van der Waals surface area contributed by atoms with Gasteiger partial charge < -0.3 is 9.15 Å². The maximum atomic E-state index is 11.6. The van der Waals surface area contributed by atoms with Crippen LogP contribution in [0.3, 0.4) is 0 Å². The summed E-state index contributed by atoms with van der Waals surface area (Å²) >= 11 is 0. The maximum absolute atomic E-state index is 11.6. The summed E-state index contributed by atoms with van der Waals surface area (Å²) in [6, 6.07) is 5.26. The van der Waals surface area contributed by atoms with Gasteiger partial charge in [0.05, 0.1) is 12.7 Å². The van der Waals surface area contributed by atoms with Gasteiger partial charge in [-0.15, -0.1) is 0 Å². The molecule has 0 aliphatic heterocycles. The Labute approximate surface area is 124 Å². The molecule has 0 amide bonds. The molecule has 1 aliphatic rings. The first-order valence-electron chi connectivity index (χ1n) is 7.70. The monoisotopic (exact) mass is 287 g/mol. The van der Waals surface area contributed by atoms with Crippen LogP contribution in [0.4, 0.5) is 0 Å². The van der Waals surface area contributed by atoms with Gasteiger partial charge in [-0.1, -0.05) is 13.3 Å². The number of hydrogen-bond donors (Lipinski definition) is 0. The van der Waals surface area contributed by atoms with Gasteiger partial charge in [0, 0.05) is 5.92 Å². The van der Waals surface area contributed by atoms with Crippen LogP contribution < -0.4 is 0 Å². The van der Waals surface area contributed by atoms with Crippen molar-refractivity contribution in [3.05, 3.63) is 29.7 Å². The van der Waals surface area contributed by atoms with E-state index in [0.717, 1.165) is 35.7 Å². The highest BCUT2D eigenvalue weighted by Gasteiger charge is 2.25. The molecular formula is C17H21NO3. The molecule has 4 nitrogen and oxygen atoms in total. The van der Waals surface area contributed by atoms with Crippen LogP contribution in [0.5, 0.6) is 0 Å². The van der Waals surface area contributed by atoms with E-state index in [-0.39, 0.29) is 5.97 Å². The highest BCUT2D eigenvalue weighted by Crippen LogP contribution is 2.37. The summed E-state index contributed by atoms with van der Waals surface area (Å²) < 4.78 is 10.6. The number of benzene rings is 1. The van der Waals surface area contributed by atoms with Crippen LogP contribution in [0.15, 0.2) is 22.6 Å². The third kappa shape index (κ3) is 2.80. The van der Waals surface area contributed by atoms with Gasteiger partial charge in [0.25, 0.3) is 0 Å². The Balaban J connectivity index is 1.83. The van der Waals surface area contributed by atoms with Gasteiger partial charge in [-0.2, -0.15) is 0 Å². The van der Waals surface area contributed by atoms with Crippen molar-refractivity contribution in [3.8, 4) is 0 Å². The smallest absolute Gasteiger partial charge is 0.337 e. The molecule has 1 aliphatic carbocycles. The summed E-state index contributed by atoms with van der Waals surface area (Å²) in [6.07, 6.45) is 6.08. The van der Waals surface area contributed by atoms with Gasteiger partial charge >= 0.3 is 5.97 Å². The summed E-state index contributed by atoms with van der Waals surface area (Å²) in [5, 5.41) is 0. The van der Waals surface area contributed by atoms with Gasteiger partial charge in [0.1, 0.15) is 5.52 Å². The fourth-order valence-electron chi connectivity index (χ4n) is 3.18. The highest BCUT2D eigenvalue weighted by molar-refractivity contribution is 5.93. The minimum atomic E-state index is -0.343. The van der Waals surface area contributed by atoms with Crippen LogP contribution in [-0.2, 0) is 4.74 Å². The van der Waals surface area contributed by atoms with Crippen LogP contribution in [0.2, 0.25) is 0 Å². The van der Waals surface area contributed by atoms with E-state index in [1.54, 1.807) is 18.2 Å². The third-order valence-corrected chi connectivity index (χ3v) is 4.60. The molecule has 1 saturated carbocycles. The summed E-state index contributed by atoms with van der Waals surface area (Å²) in [5.74, 6) is 1.75. The van der Waals surface area contributed by atoms with E-state index in [4.69, 9.17) is 9.15 Å². The zero-order valence-electron chi connectivity index (χ0n) is 12.6. The van der Waals surface area contributed by atoms with Crippen molar-refractivity contribution in [2.75, 3.05) is 7.11 Å². The third-order valence-electron chi connectivity index (χ3n) is 4.60. The average molecular weight is 287 g/mol. The minimum absolute atomic E-state index is 0.343. The topological polar surface area (TPSA) is 52.3 Å². The molecule has 2 aromatic rings. The number of carbonyl (C=O) groups is 1. The molecule has 0 N–H and O–H groups in total. The standard InChI is InChI=1S/C17H21NO3/c1-3-11-4-6-12(7-5-11)16-18-14-10-13(17(19)20-2)8-9-15(14)21-16/h8-12H,3-7H2,1-2H3/t11-,12-. The number of carbonyl (C=O) groups excluding carboxylic acids is 1. The van der Waals surface area contributed by atoms with E-state index in [0.29, 0.717) is 11.5 Å². The molecule has 1 aromatic carbocycles. The number of ether oxygens (including phenoxy) is 1. The Morgan fingerprint density at radius 1 is 1.33 bits per heavy atom. The van der Waals surface area contributed by atoms with Crippen molar-refractivity contribution < 1.29 is 13.9 Å². The molecule has 3 rings (SSSR count). The van der Waals surface area contributed by atoms with E-state index in [9.17, 15) is 4.79 Å². The van der Waals surface area contributed by atoms with Crippen LogP contribution >= 0.6 is 0 Å². The van der Waals surface area contributed by atoms with Gasteiger partial charge in [0.2, 0.25) is 0 Å². The largest absolute Gasteiger partial charge is 0.465 e. The number of aromatic nitrogens is 1. The Morgan fingerprint density at radius 2 is 2.10 bits per heavy atom. The number of nitrogens with zero attached hydrogens (tertiary/aromatic N) is 1. The van der Waals surface area contributed by atoms with E-state index < -0.39 is 0 Å². The van der Waals surface area contributed by atoms with Crippen LogP contribution in [-0.4, -0.2) is 18.1 Å². The van der Waals surface area contributed by atoms with E-state index >= 15 is 0 Å². The lowest BCUT2D eigenvalue weighted by Gasteiger charge is -2.25. The van der Waals surface area contributed by atoms with Crippen molar-refractivity contribution in [2.24, 2.45) is 5.92 Å². The van der Waals surface area contributed by atoms with Crippen LogP contribution in [0, 0.1) is 5.92 Å². The zero-order chi connectivity index (χ0) is 14.8. The molecule has 1 fully saturated rings. The van der Waals surface area contributed by atoms with Crippen LogP contribution in [0.1, 0.15) is 61.2 Å². The summed E-state index contributed by atoms with van der Waals surface area (Å²) in [6.45, 7) is 2.26. The Bertz CT molecular complexity index is 639. The highest BCUT2D eigenvalue weighted by atomic mass is 16.5. The number of methoxy groups -OCH3 is 1. The Hall–Kier alpha value is -1.84. The average Bonchev–Trinajstić information content (AvgIpc) is 2.97. The van der Waals surface area contributed by atoms with Crippen molar-refractivity contribution in [3.63, 3.8) is 0 Å². The fourth-order valence-corrected chi connectivity index (χ4v) is 3.18. The van der Waals surface area contributed by atoms with E-state index in [2.05, 4.69) is 11.9 Å². The number of rotatable bonds is 3. The predicted molar refractivity (Wildman–Crippen MR) is 80.3 cm³/mol. The summed E-state index contributed by atoms with van der Waals surface area (Å²) in [5.41, 5.74) is 2.00. The number of hydrogen-bond acceptors (Lipinski definition) is 4. The maximum Gasteiger partial charge on any atom is 0.337 e. The second-order valence-corrected chi connectivity index (χ2v) is 5.85. The lowest BCUT2D eigenvalue weighted by atomic mass is 9.81. The van der Waals surface area contributed by atoms with Crippen molar-refractivity contribution in [1.29, 1.82) is 0 Å². The molecule has 0 unspecified atom stereocenters. The normalized spacial score (nSPS) is 22.4. The second-order valence-electron chi connectivity index (χ2n) is 5.85. The molecule has 1 aromatic heterocycles. The van der Waals surface area contributed by atoms with Crippen molar-refractivity contribution >= 4 is 17.1 Å². The molecular weight excluding hydrogens is 266 g/mol. The second kappa shape index (κ2) is 5.88. The zero-order valence-corrected chi connectivity index (χ0v) is 12.6. The quantitative estimate of drug-likeness (QED) is 0.790. The first-order chi connectivity index (χ1) is 10.2. The summed E-state index contributed by atoms with van der Waals surface area (Å²) in [4.78, 5) is 16.1. The minimum Gasteiger partial charge on any atom is -0.465 e. The molecule has 4 heteroatoms. The molecule has 112 valence electrons. The number of fused-ring (bicyclic) bond motifs is 1. The Kier molecular flexibility index (Phi) is 3.95. The molecule has 21 heavy (non-hydrogen) atoms. The lowest BCUT2D eigenvalue weighted by Crippen LogP contribution is -2.12. The van der Waals surface area contributed by atoms with E-state index in [1.165, 1.54) is 26.4 Å². The molecule has 0 radical (unpaired) electrons. The molecule has 0 spiro atoms. The molecule has 0 atom stereocenters. The fraction of sp³-hybridized carbons (Fsp3) is 0.529. The van der Waals surface area contributed by atoms with Crippen molar-refractivity contribution in [1.82, 2.24) is 4.98 Å². The lowest BCUT2D eigenvalue weighted by molar-refractivity contribution is 0.0601. The molecule has 0 saturated heterocycles. The van der Waals surface area contributed by atoms with Crippen molar-refractivity contribution in [2.45, 2.75) is 44.9 Å². The first-order valence-corrected chi connectivity index (χ1v) is 7.70. The Morgan fingerprint density at radius 3 is 2.76 bits per heavy atom.